The van der Waals surface area contributed by atoms with Gasteiger partial charge in [0.2, 0.25) is 0 Å². The highest BCUT2D eigenvalue weighted by Crippen LogP contribution is 2.39. The zero-order valence-corrected chi connectivity index (χ0v) is 28.6. The summed E-state index contributed by atoms with van der Waals surface area (Å²) >= 11 is 5.81. The molecule has 0 saturated carbocycles. The Hall–Kier alpha value is -5.61. The van der Waals surface area contributed by atoms with Crippen molar-refractivity contribution in [1.82, 2.24) is 5.32 Å². The number of ether oxygens (including phenoxy) is 1. The van der Waals surface area contributed by atoms with E-state index in [1.807, 2.05) is 75.4 Å². The SMILES string of the molecule is CC(C)(C)c1ccc(C(=O)Nc2ccc(C(=O)NC(CC(=O)O)c3ccc(-c4ccccc4)cc3)cc2Oc2ccc(Cl)c(C(F)(F)F)c2)cc1. The first-order chi connectivity index (χ1) is 24.1. The summed E-state index contributed by atoms with van der Waals surface area (Å²) in [6.45, 7) is 6.11. The zero-order chi connectivity index (χ0) is 36.9. The normalized spacial score (nSPS) is 12.1. The summed E-state index contributed by atoms with van der Waals surface area (Å²) in [7, 11) is 0. The molecule has 0 aliphatic heterocycles. The Bertz CT molecular complexity index is 2040. The standard InChI is InChI=1S/C40H34ClF3N2O5/c1-39(2,3)29-16-13-27(14-17-29)37(49)45-33-20-15-28(21-35(33)51-30-18-19-32(41)31(22-30)40(42,43)44)38(50)46-34(23-36(47)48)26-11-9-25(10-12-26)24-7-5-4-6-8-24/h4-22,34H,23H2,1-3H3,(H,45,49)(H,46,50)(H,47,48). The smallest absolute Gasteiger partial charge is 0.417 e. The minimum atomic E-state index is -4.77. The van der Waals surface area contributed by atoms with E-state index in [9.17, 15) is 32.7 Å². The first-order valence-corrected chi connectivity index (χ1v) is 16.2. The van der Waals surface area contributed by atoms with Crippen LogP contribution in [0.15, 0.2) is 115 Å². The number of alkyl halides is 3. The number of hydrogen-bond donors (Lipinski definition) is 3. The number of amides is 2. The van der Waals surface area contributed by atoms with Gasteiger partial charge in [-0.15, -0.1) is 0 Å². The first-order valence-electron chi connectivity index (χ1n) is 15.9. The monoisotopic (exact) mass is 714 g/mol. The van der Waals surface area contributed by atoms with Crippen molar-refractivity contribution < 1.29 is 37.4 Å². The maximum Gasteiger partial charge on any atom is 0.417 e. The van der Waals surface area contributed by atoms with E-state index in [0.717, 1.165) is 22.8 Å². The number of carboxylic acid groups (broad SMARTS) is 1. The molecular weight excluding hydrogens is 681 g/mol. The Labute approximate surface area is 298 Å². The van der Waals surface area contributed by atoms with E-state index in [-0.39, 0.29) is 28.2 Å². The summed E-state index contributed by atoms with van der Waals surface area (Å²) in [5.41, 5.74) is 2.53. The van der Waals surface area contributed by atoms with Crippen LogP contribution in [0.2, 0.25) is 5.02 Å². The molecule has 7 nitrogen and oxygen atoms in total. The quantitative estimate of drug-likeness (QED) is 0.134. The number of carboxylic acids is 1. The fourth-order valence-corrected chi connectivity index (χ4v) is 5.51. The molecule has 0 radical (unpaired) electrons. The van der Waals surface area contributed by atoms with E-state index in [4.69, 9.17) is 16.3 Å². The fourth-order valence-electron chi connectivity index (χ4n) is 5.29. The number of halogens is 4. The Morgan fingerprint density at radius 2 is 1.39 bits per heavy atom. The lowest BCUT2D eigenvalue weighted by Crippen LogP contribution is -2.30. The van der Waals surface area contributed by atoms with Crippen LogP contribution < -0.4 is 15.4 Å². The van der Waals surface area contributed by atoms with Crippen LogP contribution in [0.3, 0.4) is 0 Å². The zero-order valence-electron chi connectivity index (χ0n) is 27.8. The molecule has 5 aromatic carbocycles. The van der Waals surface area contributed by atoms with Crippen molar-refractivity contribution in [3.8, 4) is 22.6 Å². The number of aliphatic carboxylic acids is 1. The van der Waals surface area contributed by atoms with Gasteiger partial charge in [-0.2, -0.15) is 13.2 Å². The van der Waals surface area contributed by atoms with E-state index in [2.05, 4.69) is 10.6 Å². The van der Waals surface area contributed by atoms with Crippen LogP contribution in [0.1, 0.15) is 70.6 Å². The molecule has 5 aromatic rings. The predicted octanol–water partition coefficient (Wildman–Crippen LogP) is 10.3. The van der Waals surface area contributed by atoms with E-state index >= 15 is 0 Å². The van der Waals surface area contributed by atoms with Crippen LogP contribution >= 0.6 is 11.6 Å². The van der Waals surface area contributed by atoms with Crippen LogP contribution in [-0.4, -0.2) is 22.9 Å². The van der Waals surface area contributed by atoms with Crippen molar-refractivity contribution in [1.29, 1.82) is 0 Å². The van der Waals surface area contributed by atoms with Gasteiger partial charge >= 0.3 is 12.1 Å². The molecule has 0 aromatic heterocycles. The Morgan fingerprint density at radius 1 is 0.765 bits per heavy atom. The third kappa shape index (κ3) is 9.34. The number of carbonyl (C=O) groups excluding carboxylic acids is 2. The van der Waals surface area contributed by atoms with Crippen LogP contribution in [0.5, 0.6) is 11.5 Å². The van der Waals surface area contributed by atoms with Gasteiger partial charge in [-0.25, -0.2) is 0 Å². The van der Waals surface area contributed by atoms with Crippen LogP contribution in [0.25, 0.3) is 11.1 Å². The van der Waals surface area contributed by atoms with Crippen molar-refractivity contribution in [3.05, 3.63) is 148 Å². The Morgan fingerprint density at radius 3 is 2.00 bits per heavy atom. The van der Waals surface area contributed by atoms with Crippen molar-refractivity contribution in [2.75, 3.05) is 5.32 Å². The number of hydrogen-bond acceptors (Lipinski definition) is 4. The molecule has 0 bridgehead atoms. The van der Waals surface area contributed by atoms with Crippen molar-refractivity contribution >= 4 is 35.1 Å². The molecule has 0 saturated heterocycles. The van der Waals surface area contributed by atoms with Crippen LogP contribution in [-0.2, 0) is 16.4 Å². The third-order valence-corrected chi connectivity index (χ3v) is 8.41. The molecule has 0 aliphatic rings. The summed E-state index contributed by atoms with van der Waals surface area (Å²) in [5.74, 6) is -2.74. The molecule has 0 aliphatic carbocycles. The minimum absolute atomic E-state index is 0.00108. The maximum atomic E-state index is 13.6. The second-order valence-electron chi connectivity index (χ2n) is 12.8. The summed E-state index contributed by atoms with van der Waals surface area (Å²) < 4.78 is 46.8. The van der Waals surface area contributed by atoms with E-state index in [1.54, 1.807) is 24.3 Å². The topological polar surface area (TPSA) is 105 Å². The Kier molecular flexibility index (Phi) is 10.9. The highest BCUT2D eigenvalue weighted by Gasteiger charge is 2.34. The van der Waals surface area contributed by atoms with Gasteiger partial charge in [-0.05, 0) is 76.2 Å². The highest BCUT2D eigenvalue weighted by molar-refractivity contribution is 6.31. The summed E-state index contributed by atoms with van der Waals surface area (Å²) in [4.78, 5) is 38.7. The molecule has 1 atom stereocenters. The molecule has 0 heterocycles. The van der Waals surface area contributed by atoms with Crippen molar-refractivity contribution in [2.45, 2.75) is 44.8 Å². The van der Waals surface area contributed by atoms with E-state index in [1.165, 1.54) is 24.3 Å². The van der Waals surface area contributed by atoms with Gasteiger partial charge in [0.05, 0.1) is 28.7 Å². The summed E-state index contributed by atoms with van der Waals surface area (Å²) in [6.07, 6.45) is -5.19. The van der Waals surface area contributed by atoms with Crippen molar-refractivity contribution in [3.63, 3.8) is 0 Å². The number of benzene rings is 5. The van der Waals surface area contributed by atoms with Gasteiger partial charge in [0.15, 0.2) is 5.75 Å². The van der Waals surface area contributed by atoms with E-state index < -0.39 is 47.0 Å². The lowest BCUT2D eigenvalue weighted by Gasteiger charge is -2.20. The van der Waals surface area contributed by atoms with Gasteiger partial charge in [0.1, 0.15) is 5.75 Å². The molecule has 11 heteroatoms. The first kappa shape index (κ1) is 36.7. The molecule has 2 amide bonds. The molecule has 0 fully saturated rings. The number of rotatable bonds is 10. The van der Waals surface area contributed by atoms with Crippen LogP contribution in [0, 0.1) is 0 Å². The van der Waals surface area contributed by atoms with E-state index in [0.29, 0.717) is 17.2 Å². The Balaban J connectivity index is 1.45. The molecule has 1 unspecified atom stereocenters. The molecule has 262 valence electrons. The molecular formula is C40H34ClF3N2O5. The number of nitrogens with one attached hydrogen (secondary N) is 2. The number of carbonyl (C=O) groups is 3. The average molecular weight is 715 g/mol. The highest BCUT2D eigenvalue weighted by atomic mass is 35.5. The molecule has 0 spiro atoms. The minimum Gasteiger partial charge on any atom is -0.481 e. The van der Waals surface area contributed by atoms with Gasteiger partial charge < -0.3 is 20.5 Å². The lowest BCUT2D eigenvalue weighted by atomic mass is 9.87. The average Bonchev–Trinajstić information content (AvgIpc) is 3.09. The molecule has 51 heavy (non-hydrogen) atoms. The summed E-state index contributed by atoms with van der Waals surface area (Å²) in [6, 6.07) is 29.7. The fraction of sp³-hybridized carbons (Fsp3) is 0.175. The van der Waals surface area contributed by atoms with Gasteiger partial charge in [0, 0.05) is 11.1 Å². The maximum absolute atomic E-state index is 13.6. The largest absolute Gasteiger partial charge is 0.481 e. The third-order valence-electron chi connectivity index (χ3n) is 8.08. The molecule has 3 N–H and O–H groups in total. The van der Waals surface area contributed by atoms with Gasteiger partial charge in [-0.3, -0.25) is 14.4 Å². The predicted molar refractivity (Wildman–Crippen MR) is 190 cm³/mol. The summed E-state index contributed by atoms with van der Waals surface area (Å²) in [5, 5.41) is 14.6. The van der Waals surface area contributed by atoms with Crippen LogP contribution in [0.4, 0.5) is 18.9 Å². The molecule has 5 rings (SSSR count). The lowest BCUT2D eigenvalue weighted by molar-refractivity contribution is -0.138. The second kappa shape index (κ2) is 15.1. The van der Waals surface area contributed by atoms with Gasteiger partial charge in [-0.1, -0.05) is 99.1 Å². The van der Waals surface area contributed by atoms with Gasteiger partial charge in [0.25, 0.3) is 11.8 Å². The second-order valence-corrected chi connectivity index (χ2v) is 13.3. The number of anilines is 1. The van der Waals surface area contributed by atoms with Crippen molar-refractivity contribution in [2.24, 2.45) is 0 Å².